The Kier molecular flexibility index (Phi) is 6.36. The maximum absolute atomic E-state index is 13.2. The summed E-state index contributed by atoms with van der Waals surface area (Å²) in [6.45, 7) is 2.90. The van der Waals surface area contributed by atoms with E-state index in [2.05, 4.69) is 24.8 Å². The second-order valence-corrected chi connectivity index (χ2v) is 10.2. The number of imidazole rings is 1. The Morgan fingerprint density at radius 2 is 2.08 bits per heavy atom. The van der Waals surface area contributed by atoms with E-state index in [4.69, 9.17) is 27.9 Å². The van der Waals surface area contributed by atoms with Gasteiger partial charge in [0.15, 0.2) is 0 Å². The van der Waals surface area contributed by atoms with Gasteiger partial charge >= 0.3 is 5.97 Å². The number of fused-ring (bicyclic) bond motifs is 2. The molecule has 5 aromatic rings. The lowest BCUT2D eigenvalue weighted by atomic mass is 10.1. The van der Waals surface area contributed by atoms with Crippen molar-refractivity contribution in [2.45, 2.75) is 25.8 Å². The zero-order chi connectivity index (χ0) is 27.3. The van der Waals surface area contributed by atoms with E-state index in [-0.39, 0.29) is 17.0 Å². The molecule has 1 aliphatic rings. The van der Waals surface area contributed by atoms with E-state index in [1.54, 1.807) is 41.2 Å². The number of pyridine rings is 3. The maximum atomic E-state index is 13.2. The SMILES string of the molecule is Cc1nc2cc(-n3cc(C(=O)O)c(=O)c4cc(Cl)c(N5CCC[C@@H]5COc5ncccc5Cl)cc43)ncc2[nH]1. The van der Waals surface area contributed by atoms with E-state index in [9.17, 15) is 14.7 Å². The Hall–Kier alpha value is -4.15. The number of carboxylic acids is 1. The van der Waals surface area contributed by atoms with Gasteiger partial charge in [-0.25, -0.2) is 19.7 Å². The molecule has 5 heterocycles. The molecule has 39 heavy (non-hydrogen) atoms. The lowest BCUT2D eigenvalue weighted by Crippen LogP contribution is -2.34. The number of aromatic amines is 1. The third-order valence-electron chi connectivity index (χ3n) is 6.84. The Balaban J connectivity index is 1.46. The molecular weight excluding hydrogens is 543 g/mol. The number of ether oxygens (including phenoxy) is 1. The zero-order valence-electron chi connectivity index (χ0n) is 20.7. The van der Waals surface area contributed by atoms with Gasteiger partial charge in [-0.1, -0.05) is 23.2 Å². The molecule has 0 aliphatic carbocycles. The number of halogens is 2. The normalized spacial score (nSPS) is 15.4. The second-order valence-electron chi connectivity index (χ2n) is 9.34. The predicted molar refractivity (Wildman–Crippen MR) is 149 cm³/mol. The topological polar surface area (TPSA) is 126 Å². The summed E-state index contributed by atoms with van der Waals surface area (Å²) in [6, 6.07) is 8.51. The summed E-state index contributed by atoms with van der Waals surface area (Å²) in [7, 11) is 0. The fourth-order valence-corrected chi connectivity index (χ4v) is 5.48. The number of nitrogens with one attached hydrogen (secondary N) is 1. The van der Waals surface area contributed by atoms with Crippen LogP contribution in [0.3, 0.4) is 0 Å². The van der Waals surface area contributed by atoms with E-state index < -0.39 is 11.4 Å². The Morgan fingerprint density at radius 3 is 2.87 bits per heavy atom. The zero-order valence-corrected chi connectivity index (χ0v) is 22.2. The summed E-state index contributed by atoms with van der Waals surface area (Å²) in [4.78, 5) is 43.6. The molecule has 1 aliphatic heterocycles. The van der Waals surface area contributed by atoms with E-state index in [0.29, 0.717) is 45.1 Å². The number of benzene rings is 1. The number of rotatable bonds is 6. The number of nitrogens with zero attached hydrogens (tertiary/aromatic N) is 5. The van der Waals surface area contributed by atoms with Gasteiger partial charge in [0.1, 0.15) is 28.8 Å². The van der Waals surface area contributed by atoms with Gasteiger partial charge in [0, 0.05) is 30.4 Å². The van der Waals surface area contributed by atoms with Crippen molar-refractivity contribution in [1.29, 1.82) is 0 Å². The summed E-state index contributed by atoms with van der Waals surface area (Å²) in [5.74, 6) is 0.169. The molecule has 0 saturated carbocycles. The molecule has 12 heteroatoms. The molecule has 0 radical (unpaired) electrons. The highest BCUT2D eigenvalue weighted by molar-refractivity contribution is 6.34. The molecule has 1 atom stereocenters. The number of aryl methyl sites for hydroxylation is 1. The molecular formula is C27H22Cl2N6O4. The summed E-state index contributed by atoms with van der Waals surface area (Å²) >= 11 is 12.9. The molecule has 0 spiro atoms. The molecule has 2 N–H and O–H groups in total. The fourth-order valence-electron chi connectivity index (χ4n) is 5.03. The summed E-state index contributed by atoms with van der Waals surface area (Å²) in [6.07, 6.45) is 6.32. The minimum absolute atomic E-state index is 0.0157. The second kappa shape index (κ2) is 9.87. The number of aromatic nitrogens is 5. The molecule has 0 amide bonds. The maximum Gasteiger partial charge on any atom is 0.341 e. The molecule has 198 valence electrons. The van der Waals surface area contributed by atoms with Crippen LogP contribution in [-0.4, -0.2) is 54.8 Å². The Bertz CT molecular complexity index is 1820. The van der Waals surface area contributed by atoms with Crippen LogP contribution < -0.4 is 15.1 Å². The summed E-state index contributed by atoms with van der Waals surface area (Å²) in [5.41, 5.74) is 1.59. The number of aromatic carboxylic acids is 1. The minimum atomic E-state index is -1.34. The highest BCUT2D eigenvalue weighted by Crippen LogP contribution is 2.36. The predicted octanol–water partition coefficient (Wildman–Crippen LogP) is 5.02. The first-order valence-corrected chi connectivity index (χ1v) is 13.0. The van der Waals surface area contributed by atoms with Gasteiger partial charge in [-0.05, 0) is 44.0 Å². The van der Waals surface area contributed by atoms with Gasteiger partial charge in [0.05, 0.1) is 39.5 Å². The Labute approximate surface area is 231 Å². The lowest BCUT2D eigenvalue weighted by molar-refractivity contribution is 0.0695. The van der Waals surface area contributed by atoms with Crippen molar-refractivity contribution in [2.75, 3.05) is 18.1 Å². The van der Waals surface area contributed by atoms with Crippen LogP contribution in [0.25, 0.3) is 27.8 Å². The highest BCUT2D eigenvalue weighted by atomic mass is 35.5. The first kappa shape index (κ1) is 25.1. The van der Waals surface area contributed by atoms with Gasteiger partial charge in [-0.2, -0.15) is 0 Å². The lowest BCUT2D eigenvalue weighted by Gasteiger charge is -2.28. The molecule has 1 fully saturated rings. The van der Waals surface area contributed by atoms with Crippen LogP contribution >= 0.6 is 23.2 Å². The molecule has 0 bridgehead atoms. The van der Waals surface area contributed by atoms with Gasteiger partial charge in [-0.3, -0.25) is 9.36 Å². The molecule has 0 unspecified atom stereocenters. The number of hydrogen-bond donors (Lipinski definition) is 2. The van der Waals surface area contributed by atoms with E-state index in [1.807, 2.05) is 6.92 Å². The van der Waals surface area contributed by atoms with Gasteiger partial charge < -0.3 is 19.7 Å². The number of anilines is 1. The highest BCUT2D eigenvalue weighted by Gasteiger charge is 2.29. The van der Waals surface area contributed by atoms with Crippen molar-refractivity contribution in [1.82, 2.24) is 24.5 Å². The molecule has 10 nitrogen and oxygen atoms in total. The third kappa shape index (κ3) is 4.55. The van der Waals surface area contributed by atoms with Crippen LogP contribution in [-0.2, 0) is 0 Å². The van der Waals surface area contributed by atoms with Crippen molar-refractivity contribution in [3.63, 3.8) is 0 Å². The Morgan fingerprint density at radius 1 is 1.23 bits per heavy atom. The largest absolute Gasteiger partial charge is 0.477 e. The van der Waals surface area contributed by atoms with Crippen molar-refractivity contribution in [2.24, 2.45) is 0 Å². The van der Waals surface area contributed by atoms with E-state index in [1.165, 1.54) is 12.3 Å². The van der Waals surface area contributed by atoms with Crippen molar-refractivity contribution in [3.05, 3.63) is 80.6 Å². The van der Waals surface area contributed by atoms with Gasteiger partial charge in [0.25, 0.3) is 0 Å². The quantitative estimate of drug-likeness (QED) is 0.294. The standard InChI is InChI=1S/C27H22Cl2N6O4/c1-14-32-20-9-24(31-11-21(20)33-14)35-12-17(27(37)38)25(36)16-8-19(29)23(10-22(16)35)34-7-3-4-15(34)13-39-26-18(28)5-2-6-30-26/h2,5-6,8-12,15H,3-4,7,13H2,1H3,(H,32,33)(H,37,38)/t15-/m1/s1. The monoisotopic (exact) mass is 564 g/mol. The number of carbonyl (C=O) groups is 1. The third-order valence-corrected chi connectivity index (χ3v) is 7.43. The van der Waals surface area contributed by atoms with Crippen LogP contribution in [0.4, 0.5) is 5.69 Å². The van der Waals surface area contributed by atoms with Gasteiger partial charge in [-0.15, -0.1) is 0 Å². The molecule has 6 rings (SSSR count). The smallest absolute Gasteiger partial charge is 0.341 e. The first-order chi connectivity index (χ1) is 18.8. The molecule has 1 aromatic carbocycles. The van der Waals surface area contributed by atoms with E-state index in [0.717, 1.165) is 30.7 Å². The average Bonchev–Trinajstić information content (AvgIpc) is 3.53. The number of carboxylic acid groups (broad SMARTS) is 1. The summed E-state index contributed by atoms with van der Waals surface area (Å²) in [5, 5.41) is 10.7. The number of hydrogen-bond acceptors (Lipinski definition) is 7. The first-order valence-electron chi connectivity index (χ1n) is 12.2. The van der Waals surface area contributed by atoms with Crippen molar-refractivity contribution < 1.29 is 14.6 Å². The number of H-pyrrole nitrogens is 1. The van der Waals surface area contributed by atoms with Crippen LogP contribution in [0, 0.1) is 6.92 Å². The van der Waals surface area contributed by atoms with Crippen LogP contribution in [0.1, 0.15) is 29.0 Å². The van der Waals surface area contributed by atoms with Gasteiger partial charge in [0.2, 0.25) is 11.3 Å². The van der Waals surface area contributed by atoms with Crippen LogP contribution in [0.5, 0.6) is 5.88 Å². The molecule has 4 aromatic heterocycles. The van der Waals surface area contributed by atoms with Crippen LogP contribution in [0.15, 0.2) is 53.7 Å². The van der Waals surface area contributed by atoms with Crippen LogP contribution in [0.2, 0.25) is 10.0 Å². The van der Waals surface area contributed by atoms with E-state index >= 15 is 0 Å². The minimum Gasteiger partial charge on any atom is -0.477 e. The van der Waals surface area contributed by atoms with Crippen molar-refractivity contribution >= 4 is 56.8 Å². The average molecular weight is 565 g/mol. The fraction of sp³-hybridized carbons (Fsp3) is 0.222. The summed E-state index contributed by atoms with van der Waals surface area (Å²) < 4.78 is 7.52. The molecule has 1 saturated heterocycles. The van der Waals surface area contributed by atoms with Crippen molar-refractivity contribution in [3.8, 4) is 11.7 Å².